The fourth-order valence-corrected chi connectivity index (χ4v) is 7.35. The van der Waals surface area contributed by atoms with Crippen LogP contribution in [0.2, 0.25) is 0 Å². The number of nitrogens with zero attached hydrogens (tertiary/aromatic N) is 3. The molecule has 244 valence electrons. The van der Waals surface area contributed by atoms with Crippen molar-refractivity contribution in [2.75, 3.05) is 0 Å². The van der Waals surface area contributed by atoms with E-state index in [1.165, 1.54) is 55.5 Å². The van der Waals surface area contributed by atoms with Crippen LogP contribution in [0.1, 0.15) is 24.6 Å². The number of hydrogen-bond donors (Lipinski definition) is 0. The number of rotatable bonds is 6. The van der Waals surface area contributed by atoms with Gasteiger partial charge in [0.2, 0.25) is 0 Å². The minimum Gasteiger partial charge on any atom is -0.310 e. The smallest absolute Gasteiger partial charge is 0.0709 e. The number of allylic oxidation sites excluding steroid dienone is 6. The molecule has 0 atom stereocenters. The molecule has 3 nitrogen and oxygen atoms in total. The molecule has 1 aliphatic rings. The van der Waals surface area contributed by atoms with Crippen LogP contribution in [0.5, 0.6) is 0 Å². The first-order valence-corrected chi connectivity index (χ1v) is 17.6. The Balaban J connectivity index is 1.05. The predicted octanol–water partition coefficient (Wildman–Crippen LogP) is 12.6. The molecular weight excluding hydrogens is 619 g/mol. The van der Waals surface area contributed by atoms with Crippen LogP contribution in [-0.2, 0) is 0 Å². The monoisotopic (exact) mass is 655 g/mol. The van der Waals surface area contributed by atoms with Gasteiger partial charge in [-0.1, -0.05) is 126 Å². The summed E-state index contributed by atoms with van der Waals surface area (Å²) < 4.78 is 4.74. The number of fused-ring (bicyclic) bond motifs is 3. The number of aryl methyl sites for hydroxylation is 1. The summed E-state index contributed by atoms with van der Waals surface area (Å²) in [4.78, 5) is 5.14. The van der Waals surface area contributed by atoms with Gasteiger partial charge in [-0.25, -0.2) is 4.98 Å². The van der Waals surface area contributed by atoms with Gasteiger partial charge < -0.3 is 9.13 Å². The third-order valence-electron chi connectivity index (χ3n) is 9.99. The fraction of sp³-hybridized carbons (Fsp3) is 0.0625. The first-order chi connectivity index (χ1) is 25.1. The van der Waals surface area contributed by atoms with Crippen LogP contribution in [-0.4, -0.2) is 14.1 Å². The standard InChI is InChI=1S/C48H37N3/c1-33-9-7-10-37(20-17-33)45-31-32-46(38-21-18-34(2)19-22-38)50(45)39-27-23-35(24-28-39)43-13-8-14-44(49-43)36-25-29-40(30-26-36)51-47-15-5-3-11-41(47)42-12-4-6-16-48(42)51/h3-9,11-32H,10H2,1-2H3. The van der Waals surface area contributed by atoms with E-state index < -0.39 is 0 Å². The van der Waals surface area contributed by atoms with E-state index in [4.69, 9.17) is 4.98 Å². The second-order valence-corrected chi connectivity index (χ2v) is 13.4. The van der Waals surface area contributed by atoms with Gasteiger partial charge in [0, 0.05) is 39.0 Å². The minimum atomic E-state index is 0.888. The molecule has 0 N–H and O–H groups in total. The Morgan fingerprint density at radius 3 is 1.65 bits per heavy atom. The normalized spacial score (nSPS) is 13.0. The summed E-state index contributed by atoms with van der Waals surface area (Å²) in [6, 6.07) is 54.5. The molecular formula is C48H37N3. The van der Waals surface area contributed by atoms with Gasteiger partial charge in [-0.2, -0.15) is 0 Å². The lowest BCUT2D eigenvalue weighted by atomic mass is 10.1. The Kier molecular flexibility index (Phi) is 7.67. The van der Waals surface area contributed by atoms with Gasteiger partial charge in [0.15, 0.2) is 0 Å². The second-order valence-electron chi connectivity index (χ2n) is 13.4. The van der Waals surface area contributed by atoms with E-state index in [0.29, 0.717) is 0 Å². The molecule has 9 rings (SSSR count). The molecule has 0 saturated heterocycles. The van der Waals surface area contributed by atoms with Gasteiger partial charge in [0.1, 0.15) is 0 Å². The van der Waals surface area contributed by atoms with Crippen LogP contribution in [0.3, 0.4) is 0 Å². The van der Waals surface area contributed by atoms with E-state index in [0.717, 1.165) is 40.3 Å². The summed E-state index contributed by atoms with van der Waals surface area (Å²) in [5, 5.41) is 2.53. The Bertz CT molecular complexity index is 2590. The van der Waals surface area contributed by atoms with Gasteiger partial charge in [-0.3, -0.25) is 0 Å². The molecule has 3 aromatic heterocycles. The maximum absolute atomic E-state index is 5.14. The van der Waals surface area contributed by atoms with Gasteiger partial charge in [-0.15, -0.1) is 0 Å². The summed E-state index contributed by atoms with van der Waals surface area (Å²) >= 11 is 0. The lowest BCUT2D eigenvalue weighted by Crippen LogP contribution is -2.02. The Labute approximate surface area is 298 Å². The first-order valence-electron chi connectivity index (χ1n) is 17.6. The highest BCUT2D eigenvalue weighted by molar-refractivity contribution is 6.09. The van der Waals surface area contributed by atoms with Crippen LogP contribution in [0.4, 0.5) is 0 Å². The van der Waals surface area contributed by atoms with Crippen LogP contribution >= 0.6 is 0 Å². The molecule has 0 radical (unpaired) electrons. The van der Waals surface area contributed by atoms with Crippen molar-refractivity contribution in [3.8, 4) is 45.1 Å². The van der Waals surface area contributed by atoms with Crippen molar-refractivity contribution in [2.45, 2.75) is 20.3 Å². The van der Waals surface area contributed by atoms with E-state index in [1.54, 1.807) is 0 Å². The zero-order chi connectivity index (χ0) is 34.3. The highest BCUT2D eigenvalue weighted by atomic mass is 15.0. The van der Waals surface area contributed by atoms with Crippen molar-refractivity contribution in [1.29, 1.82) is 0 Å². The highest BCUT2D eigenvalue weighted by Crippen LogP contribution is 2.35. The Morgan fingerprint density at radius 1 is 0.471 bits per heavy atom. The fourth-order valence-electron chi connectivity index (χ4n) is 7.35. The van der Waals surface area contributed by atoms with E-state index in [1.807, 2.05) is 0 Å². The van der Waals surface area contributed by atoms with Crippen LogP contribution in [0.25, 0.3) is 72.5 Å². The third kappa shape index (κ3) is 5.63. The molecule has 0 amide bonds. The lowest BCUT2D eigenvalue weighted by Gasteiger charge is -2.16. The maximum atomic E-state index is 5.14. The Morgan fingerprint density at radius 2 is 1.02 bits per heavy atom. The molecule has 0 saturated carbocycles. The van der Waals surface area contributed by atoms with E-state index in [9.17, 15) is 0 Å². The van der Waals surface area contributed by atoms with Crippen molar-refractivity contribution in [2.24, 2.45) is 0 Å². The zero-order valence-corrected chi connectivity index (χ0v) is 28.8. The molecule has 0 unspecified atom stereocenters. The molecule has 3 heterocycles. The van der Waals surface area contributed by atoms with E-state index in [2.05, 4.69) is 199 Å². The van der Waals surface area contributed by atoms with Crippen LogP contribution in [0.15, 0.2) is 182 Å². The van der Waals surface area contributed by atoms with Crippen molar-refractivity contribution < 1.29 is 0 Å². The largest absolute Gasteiger partial charge is 0.310 e. The van der Waals surface area contributed by atoms with Crippen LogP contribution < -0.4 is 0 Å². The van der Waals surface area contributed by atoms with Crippen LogP contribution in [0, 0.1) is 6.92 Å². The predicted molar refractivity (Wildman–Crippen MR) is 214 cm³/mol. The molecule has 0 fully saturated rings. The highest BCUT2D eigenvalue weighted by Gasteiger charge is 2.16. The first kappa shape index (κ1) is 30.6. The second kappa shape index (κ2) is 12.8. The quantitative estimate of drug-likeness (QED) is 0.175. The van der Waals surface area contributed by atoms with Gasteiger partial charge >= 0.3 is 0 Å². The maximum Gasteiger partial charge on any atom is 0.0709 e. The number of pyridine rings is 1. The molecule has 8 aromatic rings. The molecule has 0 bridgehead atoms. The van der Waals surface area contributed by atoms with E-state index >= 15 is 0 Å². The van der Waals surface area contributed by atoms with Crippen molar-refractivity contribution in [3.05, 3.63) is 193 Å². The van der Waals surface area contributed by atoms with Crippen molar-refractivity contribution in [1.82, 2.24) is 14.1 Å². The van der Waals surface area contributed by atoms with E-state index in [-0.39, 0.29) is 0 Å². The lowest BCUT2D eigenvalue weighted by molar-refractivity contribution is 1.05. The molecule has 1 aliphatic carbocycles. The molecule has 51 heavy (non-hydrogen) atoms. The minimum absolute atomic E-state index is 0.888. The zero-order valence-electron chi connectivity index (χ0n) is 28.8. The average Bonchev–Trinajstić information content (AvgIpc) is 3.69. The van der Waals surface area contributed by atoms with Gasteiger partial charge in [0.05, 0.1) is 28.1 Å². The summed E-state index contributed by atoms with van der Waals surface area (Å²) in [6.45, 7) is 4.28. The summed E-state index contributed by atoms with van der Waals surface area (Å²) in [5.41, 5.74) is 16.2. The SMILES string of the molecule is CC1=CC=C(c2ccc(-c3ccc(C)cc3)n2-c2ccc(-c3cccc(-c4ccc(-n5c6ccccc6c6ccccc65)cc4)n3)cc2)CC=C1. The summed E-state index contributed by atoms with van der Waals surface area (Å²) in [5.74, 6) is 0. The number of aromatic nitrogens is 3. The number of hydrogen-bond acceptors (Lipinski definition) is 1. The summed E-state index contributed by atoms with van der Waals surface area (Å²) in [6.07, 6.45) is 9.82. The molecule has 0 spiro atoms. The van der Waals surface area contributed by atoms with Crippen molar-refractivity contribution >= 4 is 27.4 Å². The third-order valence-corrected chi connectivity index (χ3v) is 9.99. The van der Waals surface area contributed by atoms with Gasteiger partial charge in [0.25, 0.3) is 0 Å². The topological polar surface area (TPSA) is 22.8 Å². The number of benzene rings is 5. The molecule has 5 aromatic carbocycles. The van der Waals surface area contributed by atoms with Gasteiger partial charge in [-0.05, 0) is 92.1 Å². The number of para-hydroxylation sites is 2. The Hall–Kier alpha value is -6.45. The molecule has 3 heteroatoms. The molecule has 0 aliphatic heterocycles. The summed E-state index contributed by atoms with van der Waals surface area (Å²) in [7, 11) is 0. The van der Waals surface area contributed by atoms with Crippen molar-refractivity contribution in [3.63, 3.8) is 0 Å². The average molecular weight is 656 g/mol.